The Labute approximate surface area is 129 Å². The first-order chi connectivity index (χ1) is 10.1. The van der Waals surface area contributed by atoms with Crippen molar-refractivity contribution in [2.75, 3.05) is 7.11 Å². The molecule has 0 bridgehead atoms. The van der Waals surface area contributed by atoms with Gasteiger partial charge in [0.05, 0.1) is 12.6 Å². The molecule has 0 N–H and O–H groups in total. The van der Waals surface area contributed by atoms with E-state index in [0.717, 1.165) is 11.7 Å². The molecule has 0 unspecified atom stereocenters. The Morgan fingerprint density at radius 3 is 2.32 bits per heavy atom. The number of carbonyl (C=O) groups is 1. The van der Waals surface area contributed by atoms with Gasteiger partial charge in [-0.15, -0.1) is 0 Å². The van der Waals surface area contributed by atoms with E-state index in [1.807, 2.05) is 0 Å². The molecular formula is C15H19NO5S. The number of carbonyl (C=O) groups excluding carboxylic acids is 1. The van der Waals surface area contributed by atoms with E-state index in [4.69, 9.17) is 4.74 Å². The molecule has 0 saturated heterocycles. The second-order valence-corrected chi connectivity index (χ2v) is 7.51. The van der Waals surface area contributed by atoms with Crippen molar-refractivity contribution in [1.29, 1.82) is 0 Å². The van der Waals surface area contributed by atoms with Crippen molar-refractivity contribution in [3.8, 4) is 0 Å². The molecule has 2 aromatic rings. The summed E-state index contributed by atoms with van der Waals surface area (Å²) in [5.41, 5.74) is 0.165. The second-order valence-electron chi connectivity index (χ2n) is 5.88. The molecule has 0 amide bonds. The molecule has 0 atom stereocenters. The van der Waals surface area contributed by atoms with Crippen LogP contribution in [0.1, 0.15) is 26.3 Å². The van der Waals surface area contributed by atoms with Crippen LogP contribution in [0.4, 0.5) is 4.79 Å². The van der Waals surface area contributed by atoms with Crippen LogP contribution in [0.3, 0.4) is 0 Å². The van der Waals surface area contributed by atoms with Crippen molar-refractivity contribution in [1.82, 2.24) is 4.57 Å². The first kappa shape index (κ1) is 16.5. The van der Waals surface area contributed by atoms with E-state index < -0.39 is 21.8 Å². The average Bonchev–Trinajstić information content (AvgIpc) is 2.71. The number of hydrogen-bond donors (Lipinski definition) is 0. The lowest BCUT2D eigenvalue weighted by Gasteiger charge is -2.20. The second kappa shape index (κ2) is 5.40. The number of para-hydroxylation sites is 1. The highest BCUT2D eigenvalue weighted by atomic mass is 32.2. The van der Waals surface area contributed by atoms with Gasteiger partial charge in [-0.1, -0.05) is 18.2 Å². The SMILES string of the molecule is COS(=O)(=O)c1c(C)c2ccccc2n1C(=O)OC(C)(C)C. The number of rotatable bonds is 2. The van der Waals surface area contributed by atoms with E-state index in [9.17, 15) is 13.2 Å². The van der Waals surface area contributed by atoms with Crippen molar-refractivity contribution in [3.63, 3.8) is 0 Å². The van der Waals surface area contributed by atoms with Gasteiger partial charge in [-0.2, -0.15) is 8.42 Å². The van der Waals surface area contributed by atoms with Crippen molar-refractivity contribution in [2.45, 2.75) is 38.3 Å². The highest BCUT2D eigenvalue weighted by Crippen LogP contribution is 2.30. The van der Waals surface area contributed by atoms with Crippen LogP contribution in [0.2, 0.25) is 0 Å². The third-order valence-electron chi connectivity index (χ3n) is 3.11. The minimum absolute atomic E-state index is 0.203. The summed E-state index contributed by atoms with van der Waals surface area (Å²) < 4.78 is 35.4. The van der Waals surface area contributed by atoms with Crippen molar-refractivity contribution in [2.24, 2.45) is 0 Å². The first-order valence-electron chi connectivity index (χ1n) is 6.72. The normalized spacial score (nSPS) is 12.6. The van der Waals surface area contributed by atoms with Gasteiger partial charge in [0.1, 0.15) is 5.60 Å². The van der Waals surface area contributed by atoms with Crippen LogP contribution >= 0.6 is 0 Å². The van der Waals surface area contributed by atoms with E-state index in [1.54, 1.807) is 52.0 Å². The Kier molecular flexibility index (Phi) is 4.06. The van der Waals surface area contributed by atoms with E-state index in [0.29, 0.717) is 16.5 Å². The summed E-state index contributed by atoms with van der Waals surface area (Å²) in [5.74, 6) is 0. The fraction of sp³-hybridized carbons (Fsp3) is 0.400. The van der Waals surface area contributed by atoms with E-state index in [1.165, 1.54) is 0 Å². The number of benzene rings is 1. The maximum atomic E-state index is 12.5. The Morgan fingerprint density at radius 2 is 1.77 bits per heavy atom. The Hall–Kier alpha value is -1.86. The van der Waals surface area contributed by atoms with Crippen LogP contribution in [-0.4, -0.2) is 31.8 Å². The topological polar surface area (TPSA) is 74.6 Å². The summed E-state index contributed by atoms with van der Waals surface area (Å²) >= 11 is 0. The summed E-state index contributed by atoms with van der Waals surface area (Å²) in [4.78, 5) is 12.5. The van der Waals surface area contributed by atoms with Gasteiger partial charge in [-0.05, 0) is 39.3 Å². The summed E-state index contributed by atoms with van der Waals surface area (Å²) in [6.45, 7) is 6.78. The quantitative estimate of drug-likeness (QED) is 0.793. The molecule has 0 radical (unpaired) electrons. The summed E-state index contributed by atoms with van der Waals surface area (Å²) in [7, 11) is -3.00. The number of ether oxygens (including phenoxy) is 1. The predicted octanol–water partition coefficient (Wildman–Crippen LogP) is 3.07. The third kappa shape index (κ3) is 2.86. The van der Waals surface area contributed by atoms with Crippen LogP contribution in [0.5, 0.6) is 0 Å². The van der Waals surface area contributed by atoms with Gasteiger partial charge < -0.3 is 4.74 Å². The van der Waals surface area contributed by atoms with Gasteiger partial charge in [-0.3, -0.25) is 4.18 Å². The number of nitrogens with zero attached hydrogens (tertiary/aromatic N) is 1. The van der Waals surface area contributed by atoms with E-state index >= 15 is 0 Å². The largest absolute Gasteiger partial charge is 0.443 e. The highest BCUT2D eigenvalue weighted by molar-refractivity contribution is 7.86. The fourth-order valence-corrected chi connectivity index (χ4v) is 3.28. The molecule has 2 rings (SSSR count). The molecule has 0 spiro atoms. The standard InChI is InChI=1S/C15H19NO5S/c1-10-11-8-6-7-9-12(11)16(13(10)22(18,19)20-5)14(17)21-15(2,3)4/h6-9H,1-5H3. The minimum atomic E-state index is -4.06. The van der Waals surface area contributed by atoms with Crippen LogP contribution in [0, 0.1) is 6.92 Å². The molecule has 1 heterocycles. The third-order valence-corrected chi connectivity index (χ3v) is 4.51. The van der Waals surface area contributed by atoms with Crippen LogP contribution in [0.15, 0.2) is 29.3 Å². The van der Waals surface area contributed by atoms with Crippen LogP contribution < -0.4 is 0 Å². The molecule has 6 nitrogen and oxygen atoms in total. The van der Waals surface area contributed by atoms with E-state index in [-0.39, 0.29) is 5.03 Å². The van der Waals surface area contributed by atoms with Gasteiger partial charge in [-0.25, -0.2) is 9.36 Å². The van der Waals surface area contributed by atoms with E-state index in [2.05, 4.69) is 4.18 Å². The maximum Gasteiger partial charge on any atom is 0.420 e. The van der Waals surface area contributed by atoms with Crippen molar-refractivity contribution >= 4 is 27.1 Å². The Balaban J connectivity index is 2.81. The fourth-order valence-electron chi connectivity index (χ4n) is 2.25. The number of aromatic nitrogens is 1. The minimum Gasteiger partial charge on any atom is -0.443 e. The molecule has 7 heteroatoms. The van der Waals surface area contributed by atoms with Gasteiger partial charge in [0.25, 0.3) is 0 Å². The molecule has 0 fully saturated rings. The molecule has 0 saturated carbocycles. The first-order valence-corrected chi connectivity index (χ1v) is 8.13. The van der Waals surface area contributed by atoms with Crippen molar-refractivity contribution < 1.29 is 22.1 Å². The molecule has 1 aromatic heterocycles. The van der Waals surface area contributed by atoms with Crippen LogP contribution in [-0.2, 0) is 19.0 Å². The number of fused-ring (bicyclic) bond motifs is 1. The predicted molar refractivity (Wildman–Crippen MR) is 82.5 cm³/mol. The lowest BCUT2D eigenvalue weighted by molar-refractivity contribution is 0.0529. The monoisotopic (exact) mass is 325 g/mol. The molecular weight excluding hydrogens is 306 g/mol. The van der Waals surface area contributed by atoms with Crippen molar-refractivity contribution in [3.05, 3.63) is 29.8 Å². The maximum absolute atomic E-state index is 12.5. The molecule has 0 aliphatic carbocycles. The highest BCUT2D eigenvalue weighted by Gasteiger charge is 2.31. The van der Waals surface area contributed by atoms with Gasteiger partial charge in [0, 0.05) is 5.39 Å². The Bertz CT molecular complexity index is 827. The van der Waals surface area contributed by atoms with Gasteiger partial charge >= 0.3 is 16.2 Å². The zero-order valence-corrected chi connectivity index (χ0v) is 14.0. The summed E-state index contributed by atoms with van der Waals surface area (Å²) in [6.07, 6.45) is -0.757. The Morgan fingerprint density at radius 1 is 1.18 bits per heavy atom. The van der Waals surface area contributed by atoms with Gasteiger partial charge in [0.15, 0.2) is 5.03 Å². The lowest BCUT2D eigenvalue weighted by Crippen LogP contribution is -2.29. The molecule has 0 aliphatic heterocycles. The van der Waals surface area contributed by atoms with Gasteiger partial charge in [0.2, 0.25) is 0 Å². The molecule has 120 valence electrons. The van der Waals surface area contributed by atoms with Crippen LogP contribution in [0.25, 0.3) is 10.9 Å². The molecule has 1 aromatic carbocycles. The smallest absolute Gasteiger partial charge is 0.420 e. The number of hydrogen-bond acceptors (Lipinski definition) is 5. The lowest BCUT2D eigenvalue weighted by atomic mass is 10.2. The molecule has 0 aliphatic rings. The summed E-state index contributed by atoms with van der Waals surface area (Å²) in [6, 6.07) is 6.92. The number of aryl methyl sites for hydroxylation is 1. The zero-order chi connectivity index (χ0) is 16.7. The zero-order valence-electron chi connectivity index (χ0n) is 13.2. The average molecular weight is 325 g/mol. The molecule has 22 heavy (non-hydrogen) atoms. The summed E-state index contributed by atoms with van der Waals surface area (Å²) in [5, 5.41) is 0.453.